The molecule has 2 aromatic carbocycles. The van der Waals surface area contributed by atoms with Gasteiger partial charge in [-0.25, -0.2) is 9.18 Å². The van der Waals surface area contributed by atoms with Crippen LogP contribution in [0, 0.1) is 5.82 Å². The summed E-state index contributed by atoms with van der Waals surface area (Å²) in [6.07, 6.45) is -0.448. The number of nitrogens with zero attached hydrogens (tertiary/aromatic N) is 1. The van der Waals surface area contributed by atoms with Gasteiger partial charge in [0.1, 0.15) is 17.2 Å². The number of carbonyl (C=O) groups is 1. The van der Waals surface area contributed by atoms with Crippen LogP contribution in [-0.4, -0.2) is 23.7 Å². The maximum absolute atomic E-state index is 13.8. The van der Waals surface area contributed by atoms with E-state index in [0.717, 1.165) is 11.3 Å². The summed E-state index contributed by atoms with van der Waals surface area (Å²) in [4.78, 5) is 14.2. The third-order valence-corrected chi connectivity index (χ3v) is 4.18. The number of hydrogen-bond acceptors (Lipinski definition) is 3. The van der Waals surface area contributed by atoms with Crippen LogP contribution in [0.4, 0.5) is 9.18 Å². The van der Waals surface area contributed by atoms with E-state index in [1.165, 1.54) is 6.07 Å². The lowest BCUT2D eigenvalue weighted by molar-refractivity contribution is 0.0216. The van der Waals surface area contributed by atoms with Gasteiger partial charge in [-0.15, -0.1) is 0 Å². The molecule has 0 N–H and O–H groups in total. The maximum Gasteiger partial charge on any atom is 0.410 e. The molecule has 0 unspecified atom stereocenters. The van der Waals surface area contributed by atoms with Gasteiger partial charge in [-0.1, -0.05) is 18.2 Å². The minimum absolute atomic E-state index is 0.241. The van der Waals surface area contributed by atoms with Crippen LogP contribution in [-0.2, 0) is 17.8 Å². The highest BCUT2D eigenvalue weighted by Gasteiger charge is 2.23. The van der Waals surface area contributed by atoms with Gasteiger partial charge in [-0.3, -0.25) is 4.90 Å². The molecule has 140 valence electrons. The minimum atomic E-state index is -0.611. The van der Waals surface area contributed by atoms with E-state index in [2.05, 4.69) is 15.9 Å². The molecule has 2 aromatic rings. The van der Waals surface area contributed by atoms with Crippen LogP contribution in [0.1, 0.15) is 31.9 Å². The second-order valence-corrected chi connectivity index (χ2v) is 7.79. The molecule has 1 amide bonds. The molecular weight excluding hydrogens is 401 g/mol. The molecule has 0 heterocycles. The van der Waals surface area contributed by atoms with Crippen molar-refractivity contribution in [3.63, 3.8) is 0 Å². The van der Waals surface area contributed by atoms with Crippen LogP contribution in [0.5, 0.6) is 5.75 Å². The van der Waals surface area contributed by atoms with Crippen LogP contribution in [0.3, 0.4) is 0 Å². The molecule has 0 aromatic heterocycles. The predicted molar refractivity (Wildman–Crippen MR) is 103 cm³/mol. The molecule has 0 aliphatic heterocycles. The molecule has 0 radical (unpaired) electrons. The van der Waals surface area contributed by atoms with Gasteiger partial charge < -0.3 is 9.47 Å². The number of methoxy groups -OCH3 is 1. The number of amides is 1. The zero-order valence-electron chi connectivity index (χ0n) is 15.4. The van der Waals surface area contributed by atoms with Crippen molar-refractivity contribution in [1.29, 1.82) is 0 Å². The van der Waals surface area contributed by atoms with E-state index < -0.39 is 11.7 Å². The van der Waals surface area contributed by atoms with Crippen molar-refractivity contribution in [2.45, 2.75) is 39.5 Å². The first-order valence-corrected chi connectivity index (χ1v) is 9.02. The normalized spacial score (nSPS) is 11.2. The van der Waals surface area contributed by atoms with Crippen molar-refractivity contribution >= 4 is 22.0 Å². The van der Waals surface area contributed by atoms with Gasteiger partial charge in [0.2, 0.25) is 0 Å². The van der Waals surface area contributed by atoms with E-state index in [-0.39, 0.29) is 12.4 Å². The van der Waals surface area contributed by atoms with Gasteiger partial charge in [0.05, 0.1) is 11.6 Å². The molecule has 0 saturated heterocycles. The van der Waals surface area contributed by atoms with Crippen LogP contribution in [0.2, 0.25) is 0 Å². The Bertz CT molecular complexity index is 757. The van der Waals surface area contributed by atoms with Crippen molar-refractivity contribution in [2.75, 3.05) is 7.11 Å². The summed E-state index contributed by atoms with van der Waals surface area (Å²) in [5, 5.41) is 0. The second-order valence-electron chi connectivity index (χ2n) is 6.93. The largest absolute Gasteiger partial charge is 0.497 e. The van der Waals surface area contributed by atoms with Crippen molar-refractivity contribution < 1.29 is 18.7 Å². The lowest BCUT2D eigenvalue weighted by Crippen LogP contribution is -2.36. The monoisotopic (exact) mass is 423 g/mol. The molecule has 26 heavy (non-hydrogen) atoms. The molecule has 4 nitrogen and oxygen atoms in total. The molecule has 0 saturated carbocycles. The molecular formula is C20H23BrFNO3. The number of ether oxygens (including phenoxy) is 2. The highest BCUT2D eigenvalue weighted by molar-refractivity contribution is 9.10. The summed E-state index contributed by atoms with van der Waals surface area (Å²) in [7, 11) is 1.60. The van der Waals surface area contributed by atoms with E-state index in [1.807, 2.05) is 45.0 Å². The fourth-order valence-corrected chi connectivity index (χ4v) is 2.57. The molecule has 0 spiro atoms. The standard InChI is InChI=1S/C20H23BrFNO3/c1-20(2,3)26-19(24)23(12-14-5-8-16(25-4)9-6-14)13-15-7-10-17(21)18(22)11-15/h5-11H,12-13H2,1-4H3. The predicted octanol–water partition coefficient (Wildman–Crippen LogP) is 5.53. The van der Waals surface area contributed by atoms with E-state index >= 15 is 0 Å². The molecule has 0 aliphatic rings. The summed E-state index contributed by atoms with van der Waals surface area (Å²) in [6.45, 7) is 6.03. The Hall–Kier alpha value is -2.08. The third-order valence-electron chi connectivity index (χ3n) is 3.54. The van der Waals surface area contributed by atoms with Crippen LogP contribution in [0.15, 0.2) is 46.9 Å². The van der Waals surface area contributed by atoms with Crippen LogP contribution < -0.4 is 4.74 Å². The van der Waals surface area contributed by atoms with E-state index in [1.54, 1.807) is 24.1 Å². The smallest absolute Gasteiger partial charge is 0.410 e. The fraction of sp³-hybridized carbons (Fsp3) is 0.350. The first-order valence-electron chi connectivity index (χ1n) is 8.23. The average Bonchev–Trinajstić information content (AvgIpc) is 2.56. The minimum Gasteiger partial charge on any atom is -0.497 e. The van der Waals surface area contributed by atoms with E-state index in [4.69, 9.17) is 9.47 Å². The molecule has 0 fully saturated rings. The zero-order chi connectivity index (χ0) is 19.3. The summed E-state index contributed by atoms with van der Waals surface area (Å²) in [5.41, 5.74) is 1.000. The lowest BCUT2D eigenvalue weighted by atomic mass is 10.1. The summed E-state index contributed by atoms with van der Waals surface area (Å²) >= 11 is 3.14. The molecule has 0 atom stereocenters. The SMILES string of the molecule is COc1ccc(CN(Cc2ccc(Br)c(F)c2)C(=O)OC(C)(C)C)cc1. The first kappa shape index (κ1) is 20.2. The van der Waals surface area contributed by atoms with Crippen LogP contribution in [0.25, 0.3) is 0 Å². The summed E-state index contributed by atoms with van der Waals surface area (Å²) in [6, 6.07) is 12.3. The average molecular weight is 424 g/mol. The number of benzene rings is 2. The van der Waals surface area contributed by atoms with Crippen LogP contribution >= 0.6 is 15.9 Å². The van der Waals surface area contributed by atoms with Gasteiger partial charge in [0, 0.05) is 13.1 Å². The Kier molecular flexibility index (Phi) is 6.64. The summed E-state index contributed by atoms with van der Waals surface area (Å²) in [5.74, 6) is 0.378. The van der Waals surface area contributed by atoms with Gasteiger partial charge in [0.15, 0.2) is 0 Å². The third kappa shape index (κ3) is 6.02. The second kappa shape index (κ2) is 8.54. The van der Waals surface area contributed by atoms with E-state index in [0.29, 0.717) is 16.6 Å². The lowest BCUT2D eigenvalue weighted by Gasteiger charge is -2.27. The summed E-state index contributed by atoms with van der Waals surface area (Å²) < 4.78 is 24.9. The molecule has 6 heteroatoms. The first-order chi connectivity index (χ1) is 12.2. The van der Waals surface area contributed by atoms with E-state index in [9.17, 15) is 9.18 Å². The van der Waals surface area contributed by atoms with Gasteiger partial charge in [0.25, 0.3) is 0 Å². The Morgan fingerprint density at radius 1 is 1.08 bits per heavy atom. The Morgan fingerprint density at radius 3 is 2.19 bits per heavy atom. The van der Waals surface area contributed by atoms with Gasteiger partial charge in [-0.05, 0) is 72.1 Å². The van der Waals surface area contributed by atoms with Crippen molar-refractivity contribution in [3.8, 4) is 5.75 Å². The number of hydrogen-bond donors (Lipinski definition) is 0. The van der Waals surface area contributed by atoms with Crippen molar-refractivity contribution in [1.82, 2.24) is 4.90 Å². The molecule has 0 bridgehead atoms. The van der Waals surface area contributed by atoms with Crippen molar-refractivity contribution in [3.05, 3.63) is 63.9 Å². The topological polar surface area (TPSA) is 38.8 Å². The highest BCUT2D eigenvalue weighted by atomic mass is 79.9. The zero-order valence-corrected chi connectivity index (χ0v) is 17.0. The van der Waals surface area contributed by atoms with Gasteiger partial charge in [-0.2, -0.15) is 0 Å². The van der Waals surface area contributed by atoms with Gasteiger partial charge >= 0.3 is 6.09 Å². The Morgan fingerprint density at radius 2 is 1.65 bits per heavy atom. The number of rotatable bonds is 5. The number of carbonyl (C=O) groups excluding carboxylic acids is 1. The molecule has 0 aliphatic carbocycles. The molecule has 2 rings (SSSR count). The number of halogens is 2. The highest BCUT2D eigenvalue weighted by Crippen LogP contribution is 2.21. The Balaban J connectivity index is 2.22. The maximum atomic E-state index is 13.8. The van der Waals surface area contributed by atoms with Crippen molar-refractivity contribution in [2.24, 2.45) is 0 Å². The fourth-order valence-electron chi connectivity index (χ4n) is 2.32. The quantitative estimate of drug-likeness (QED) is 0.633. The Labute approximate surface area is 162 Å².